The standard InChI is InChI=1S/C22H30N4O3/c27-20-8-5-11-26(20)19-7-4-6-18(16-19)22(29)25-14-12-23(13-15-25)17-21(28)24-9-2-1-3-10-24/h4,6-7,16H,1-3,5,8-15,17H2. The minimum absolute atomic E-state index is 0.000466. The van der Waals surface area contributed by atoms with Gasteiger partial charge in [-0.15, -0.1) is 0 Å². The van der Waals surface area contributed by atoms with Crippen molar-refractivity contribution >= 4 is 23.4 Å². The minimum Gasteiger partial charge on any atom is -0.342 e. The number of rotatable bonds is 4. The maximum atomic E-state index is 13.0. The highest BCUT2D eigenvalue weighted by molar-refractivity contribution is 5.99. The summed E-state index contributed by atoms with van der Waals surface area (Å²) in [4.78, 5) is 45.2. The molecule has 3 aliphatic heterocycles. The summed E-state index contributed by atoms with van der Waals surface area (Å²) in [7, 11) is 0. The van der Waals surface area contributed by atoms with Gasteiger partial charge in [-0.05, 0) is 43.9 Å². The van der Waals surface area contributed by atoms with Crippen LogP contribution in [-0.4, -0.2) is 84.8 Å². The Morgan fingerprint density at radius 2 is 1.59 bits per heavy atom. The van der Waals surface area contributed by atoms with Gasteiger partial charge in [0.25, 0.3) is 5.91 Å². The van der Waals surface area contributed by atoms with E-state index in [2.05, 4.69) is 4.90 Å². The lowest BCUT2D eigenvalue weighted by Crippen LogP contribution is -2.52. The van der Waals surface area contributed by atoms with Crippen molar-refractivity contribution in [2.45, 2.75) is 32.1 Å². The molecule has 0 unspecified atom stereocenters. The highest BCUT2D eigenvalue weighted by Crippen LogP contribution is 2.23. The van der Waals surface area contributed by atoms with Crippen LogP contribution >= 0.6 is 0 Å². The van der Waals surface area contributed by atoms with Crippen LogP contribution in [-0.2, 0) is 9.59 Å². The topological polar surface area (TPSA) is 64.2 Å². The molecule has 0 aliphatic carbocycles. The Bertz CT molecular complexity index is 767. The van der Waals surface area contributed by atoms with Crippen LogP contribution in [0.15, 0.2) is 24.3 Å². The molecule has 0 aromatic heterocycles. The number of hydrogen-bond donors (Lipinski definition) is 0. The lowest BCUT2D eigenvalue weighted by molar-refractivity contribution is -0.133. The van der Waals surface area contributed by atoms with Gasteiger partial charge in [-0.1, -0.05) is 6.07 Å². The van der Waals surface area contributed by atoms with Gasteiger partial charge in [-0.25, -0.2) is 0 Å². The summed E-state index contributed by atoms with van der Waals surface area (Å²) in [6.07, 6.45) is 4.88. The van der Waals surface area contributed by atoms with Gasteiger partial charge in [0.1, 0.15) is 0 Å². The smallest absolute Gasteiger partial charge is 0.254 e. The number of carbonyl (C=O) groups excluding carboxylic acids is 3. The van der Waals surface area contributed by atoms with Crippen molar-refractivity contribution in [3.63, 3.8) is 0 Å². The fourth-order valence-corrected chi connectivity index (χ4v) is 4.45. The number of amides is 3. The summed E-state index contributed by atoms with van der Waals surface area (Å²) in [5.41, 5.74) is 1.43. The van der Waals surface area contributed by atoms with Crippen molar-refractivity contribution in [1.29, 1.82) is 0 Å². The van der Waals surface area contributed by atoms with Crippen LogP contribution in [0.2, 0.25) is 0 Å². The van der Waals surface area contributed by atoms with Crippen LogP contribution in [0.25, 0.3) is 0 Å². The molecule has 156 valence electrons. The highest BCUT2D eigenvalue weighted by atomic mass is 16.2. The molecule has 4 rings (SSSR count). The van der Waals surface area contributed by atoms with Crippen LogP contribution in [0.1, 0.15) is 42.5 Å². The number of carbonyl (C=O) groups is 3. The SMILES string of the molecule is O=C(CN1CCN(C(=O)c2cccc(N3CCCC3=O)c2)CC1)N1CCCCC1. The molecule has 7 heteroatoms. The van der Waals surface area contributed by atoms with Gasteiger partial charge in [-0.2, -0.15) is 0 Å². The van der Waals surface area contributed by atoms with E-state index in [4.69, 9.17) is 0 Å². The first-order valence-electron chi connectivity index (χ1n) is 10.8. The Kier molecular flexibility index (Phi) is 6.13. The van der Waals surface area contributed by atoms with Crippen molar-refractivity contribution < 1.29 is 14.4 Å². The van der Waals surface area contributed by atoms with Crippen LogP contribution in [0.5, 0.6) is 0 Å². The van der Waals surface area contributed by atoms with E-state index in [1.54, 1.807) is 4.90 Å². The Labute approximate surface area is 172 Å². The van der Waals surface area contributed by atoms with Crippen molar-refractivity contribution in [1.82, 2.24) is 14.7 Å². The summed E-state index contributed by atoms with van der Waals surface area (Å²) in [6, 6.07) is 7.39. The van der Waals surface area contributed by atoms with E-state index < -0.39 is 0 Å². The van der Waals surface area contributed by atoms with Gasteiger partial charge in [0.05, 0.1) is 6.54 Å². The summed E-state index contributed by atoms with van der Waals surface area (Å²) in [5, 5.41) is 0. The number of piperidine rings is 1. The van der Waals surface area contributed by atoms with Gasteiger partial charge in [0.15, 0.2) is 0 Å². The molecule has 3 fully saturated rings. The fourth-order valence-electron chi connectivity index (χ4n) is 4.45. The second-order valence-corrected chi connectivity index (χ2v) is 8.21. The third kappa shape index (κ3) is 4.61. The van der Waals surface area contributed by atoms with Crippen molar-refractivity contribution in [2.75, 3.05) is 57.3 Å². The summed E-state index contributed by atoms with van der Waals surface area (Å²) < 4.78 is 0. The van der Waals surface area contributed by atoms with Crippen LogP contribution in [0, 0.1) is 0 Å². The van der Waals surface area contributed by atoms with Crippen molar-refractivity contribution in [3.05, 3.63) is 29.8 Å². The summed E-state index contributed by atoms with van der Waals surface area (Å²) >= 11 is 0. The van der Waals surface area contributed by atoms with Crippen molar-refractivity contribution in [3.8, 4) is 0 Å². The zero-order valence-electron chi connectivity index (χ0n) is 17.0. The molecule has 3 aliphatic rings. The molecule has 3 amide bonds. The predicted octanol–water partition coefficient (Wildman–Crippen LogP) is 1.58. The number of hydrogen-bond acceptors (Lipinski definition) is 4. The third-order valence-electron chi connectivity index (χ3n) is 6.21. The Morgan fingerprint density at radius 3 is 2.28 bits per heavy atom. The predicted molar refractivity (Wildman–Crippen MR) is 111 cm³/mol. The first-order chi connectivity index (χ1) is 14.1. The Balaban J connectivity index is 1.31. The molecule has 0 spiro atoms. The van der Waals surface area contributed by atoms with E-state index in [0.29, 0.717) is 31.6 Å². The van der Waals surface area contributed by atoms with E-state index in [1.165, 1.54) is 6.42 Å². The van der Waals surface area contributed by atoms with Gasteiger partial charge in [-0.3, -0.25) is 19.3 Å². The first-order valence-corrected chi connectivity index (χ1v) is 10.8. The number of likely N-dealkylation sites (tertiary alicyclic amines) is 1. The molecule has 3 saturated heterocycles. The molecule has 0 radical (unpaired) electrons. The van der Waals surface area contributed by atoms with Gasteiger partial charge in [0, 0.05) is 63.5 Å². The van der Waals surface area contributed by atoms with Crippen LogP contribution in [0.3, 0.4) is 0 Å². The third-order valence-corrected chi connectivity index (χ3v) is 6.21. The van der Waals surface area contributed by atoms with E-state index in [-0.39, 0.29) is 17.7 Å². The number of anilines is 1. The van der Waals surface area contributed by atoms with E-state index in [1.807, 2.05) is 34.1 Å². The first kappa shape index (κ1) is 19.9. The molecule has 0 atom stereocenters. The lowest BCUT2D eigenvalue weighted by Gasteiger charge is -2.36. The second-order valence-electron chi connectivity index (χ2n) is 8.21. The lowest BCUT2D eigenvalue weighted by atomic mass is 10.1. The number of nitrogens with zero attached hydrogens (tertiary/aromatic N) is 4. The molecule has 0 N–H and O–H groups in total. The molecule has 7 nitrogen and oxygen atoms in total. The molecule has 1 aromatic rings. The van der Waals surface area contributed by atoms with Gasteiger partial charge >= 0.3 is 0 Å². The minimum atomic E-state index is 0.000466. The van der Waals surface area contributed by atoms with Crippen LogP contribution < -0.4 is 4.90 Å². The van der Waals surface area contributed by atoms with Gasteiger partial charge < -0.3 is 14.7 Å². The molecule has 1 aromatic carbocycles. The molecular weight excluding hydrogens is 368 g/mol. The van der Waals surface area contributed by atoms with E-state index in [0.717, 1.165) is 57.7 Å². The van der Waals surface area contributed by atoms with E-state index in [9.17, 15) is 14.4 Å². The highest BCUT2D eigenvalue weighted by Gasteiger charge is 2.27. The maximum absolute atomic E-state index is 13.0. The molecular formula is C22H30N4O3. The maximum Gasteiger partial charge on any atom is 0.254 e. The molecule has 0 saturated carbocycles. The Morgan fingerprint density at radius 1 is 0.828 bits per heavy atom. The Hall–Kier alpha value is -2.41. The zero-order valence-corrected chi connectivity index (χ0v) is 17.0. The summed E-state index contributed by atoms with van der Waals surface area (Å²) in [6.45, 7) is 5.62. The largest absolute Gasteiger partial charge is 0.342 e. The second kappa shape index (κ2) is 8.95. The average molecular weight is 399 g/mol. The van der Waals surface area contributed by atoms with Crippen molar-refractivity contribution in [2.24, 2.45) is 0 Å². The number of piperazine rings is 1. The fraction of sp³-hybridized carbons (Fsp3) is 0.591. The molecule has 29 heavy (non-hydrogen) atoms. The number of benzene rings is 1. The normalized spacial score (nSPS) is 21.0. The summed E-state index contributed by atoms with van der Waals surface area (Å²) in [5.74, 6) is 0.342. The van der Waals surface area contributed by atoms with Gasteiger partial charge in [0.2, 0.25) is 11.8 Å². The van der Waals surface area contributed by atoms with Crippen LogP contribution in [0.4, 0.5) is 5.69 Å². The molecule has 3 heterocycles. The van der Waals surface area contributed by atoms with E-state index >= 15 is 0 Å². The monoisotopic (exact) mass is 398 g/mol. The molecule has 0 bridgehead atoms. The average Bonchev–Trinajstić information content (AvgIpc) is 3.20. The quantitative estimate of drug-likeness (QED) is 0.773. The zero-order chi connectivity index (χ0) is 20.2.